The van der Waals surface area contributed by atoms with Crippen molar-refractivity contribution in [3.8, 4) is 11.1 Å². The number of rotatable bonds is 2. The van der Waals surface area contributed by atoms with Crippen molar-refractivity contribution >= 4 is 0 Å². The van der Waals surface area contributed by atoms with E-state index in [1.165, 1.54) is 47.1 Å². The summed E-state index contributed by atoms with van der Waals surface area (Å²) in [5, 5.41) is 3.64. The molecule has 20 heavy (non-hydrogen) atoms. The smallest absolute Gasteiger partial charge is 0.0320 e. The second-order valence-corrected chi connectivity index (χ2v) is 6.00. The Hall–Kier alpha value is -1.60. The van der Waals surface area contributed by atoms with E-state index in [9.17, 15) is 0 Å². The first-order chi connectivity index (χ1) is 9.72. The molecule has 0 spiro atoms. The summed E-state index contributed by atoms with van der Waals surface area (Å²) < 4.78 is 0. The van der Waals surface area contributed by atoms with Gasteiger partial charge in [0.25, 0.3) is 0 Å². The van der Waals surface area contributed by atoms with Crippen LogP contribution >= 0.6 is 0 Å². The van der Waals surface area contributed by atoms with Crippen molar-refractivity contribution in [2.45, 2.75) is 39.2 Å². The van der Waals surface area contributed by atoms with E-state index in [4.69, 9.17) is 0 Å². The largest absolute Gasteiger partial charge is 0.310 e. The molecule has 1 atom stereocenters. The summed E-state index contributed by atoms with van der Waals surface area (Å²) >= 11 is 0. The van der Waals surface area contributed by atoms with Gasteiger partial charge in [0.1, 0.15) is 0 Å². The number of hydrogen-bond donors (Lipinski definition) is 1. The highest BCUT2D eigenvalue weighted by molar-refractivity contribution is 5.66. The van der Waals surface area contributed by atoms with Gasteiger partial charge >= 0.3 is 0 Å². The highest BCUT2D eigenvalue weighted by atomic mass is 14.9. The number of piperidine rings is 1. The van der Waals surface area contributed by atoms with Gasteiger partial charge in [-0.15, -0.1) is 0 Å². The Kier molecular flexibility index (Phi) is 3.88. The Morgan fingerprint density at radius 3 is 2.40 bits per heavy atom. The number of aryl methyl sites for hydroxylation is 2. The summed E-state index contributed by atoms with van der Waals surface area (Å²) in [6.07, 6.45) is 3.91. The summed E-state index contributed by atoms with van der Waals surface area (Å²) in [5.41, 5.74) is 6.77. The molecule has 0 aliphatic carbocycles. The number of nitrogens with one attached hydrogen (secondary N) is 1. The zero-order chi connectivity index (χ0) is 13.9. The molecule has 104 valence electrons. The summed E-state index contributed by atoms with van der Waals surface area (Å²) in [7, 11) is 0. The lowest BCUT2D eigenvalue weighted by atomic mass is 9.93. The molecule has 1 heterocycles. The third kappa shape index (κ3) is 2.94. The van der Waals surface area contributed by atoms with Gasteiger partial charge < -0.3 is 5.32 Å². The summed E-state index contributed by atoms with van der Waals surface area (Å²) in [6.45, 7) is 5.49. The van der Waals surface area contributed by atoms with Crippen LogP contribution in [0.4, 0.5) is 0 Å². The minimum atomic E-state index is 0.537. The zero-order valence-corrected chi connectivity index (χ0v) is 12.4. The molecule has 2 aromatic rings. The highest BCUT2D eigenvalue weighted by Gasteiger charge is 2.14. The van der Waals surface area contributed by atoms with Crippen LogP contribution in [-0.4, -0.2) is 6.54 Å². The van der Waals surface area contributed by atoms with Gasteiger partial charge in [0.2, 0.25) is 0 Å². The molecule has 3 rings (SSSR count). The number of hydrogen-bond acceptors (Lipinski definition) is 1. The van der Waals surface area contributed by atoms with E-state index in [0.29, 0.717) is 6.04 Å². The van der Waals surface area contributed by atoms with Crippen molar-refractivity contribution in [1.29, 1.82) is 0 Å². The third-order valence-corrected chi connectivity index (χ3v) is 4.15. The van der Waals surface area contributed by atoms with E-state index in [0.717, 1.165) is 6.54 Å². The van der Waals surface area contributed by atoms with E-state index >= 15 is 0 Å². The summed E-state index contributed by atoms with van der Waals surface area (Å²) in [5.74, 6) is 0. The van der Waals surface area contributed by atoms with E-state index in [1.54, 1.807) is 0 Å². The fraction of sp³-hybridized carbons (Fsp3) is 0.368. The Morgan fingerprint density at radius 2 is 1.70 bits per heavy atom. The second-order valence-electron chi connectivity index (χ2n) is 6.00. The van der Waals surface area contributed by atoms with Crippen molar-refractivity contribution in [2.75, 3.05) is 6.54 Å². The molecule has 1 aliphatic heterocycles. The van der Waals surface area contributed by atoms with Crippen LogP contribution < -0.4 is 5.32 Å². The molecule has 0 bridgehead atoms. The first kappa shape index (κ1) is 13.4. The topological polar surface area (TPSA) is 12.0 Å². The standard InChI is InChI=1S/C19H23N/c1-14-10-15(2)12-18(11-14)16-6-5-7-17(13-16)19-8-3-4-9-20-19/h5-7,10-13,19-20H,3-4,8-9H2,1-2H3. The third-order valence-electron chi connectivity index (χ3n) is 4.15. The van der Waals surface area contributed by atoms with Crippen molar-refractivity contribution in [2.24, 2.45) is 0 Å². The van der Waals surface area contributed by atoms with Crippen LogP contribution in [0.15, 0.2) is 42.5 Å². The molecular formula is C19H23N. The molecular weight excluding hydrogens is 242 g/mol. The Labute approximate surface area is 122 Å². The lowest BCUT2D eigenvalue weighted by Gasteiger charge is -2.24. The van der Waals surface area contributed by atoms with Gasteiger partial charge in [-0.3, -0.25) is 0 Å². The predicted octanol–water partition coefficient (Wildman–Crippen LogP) is 4.79. The first-order valence-electron chi connectivity index (χ1n) is 7.64. The van der Waals surface area contributed by atoms with E-state index < -0.39 is 0 Å². The van der Waals surface area contributed by atoms with Gasteiger partial charge in [0, 0.05) is 6.04 Å². The lowest BCUT2D eigenvalue weighted by molar-refractivity contribution is 0.412. The average Bonchev–Trinajstić information content (AvgIpc) is 2.47. The van der Waals surface area contributed by atoms with Gasteiger partial charge in [-0.2, -0.15) is 0 Å². The molecule has 1 fully saturated rings. The van der Waals surface area contributed by atoms with Crippen LogP contribution in [0.2, 0.25) is 0 Å². The average molecular weight is 265 g/mol. The van der Waals surface area contributed by atoms with E-state index in [2.05, 4.69) is 61.6 Å². The normalized spacial score (nSPS) is 19.0. The van der Waals surface area contributed by atoms with Crippen LogP contribution in [0.3, 0.4) is 0 Å². The van der Waals surface area contributed by atoms with Crippen molar-refractivity contribution < 1.29 is 0 Å². The minimum Gasteiger partial charge on any atom is -0.310 e. The van der Waals surface area contributed by atoms with Crippen LogP contribution in [-0.2, 0) is 0 Å². The van der Waals surface area contributed by atoms with Crippen LogP contribution in [0.1, 0.15) is 42.0 Å². The van der Waals surface area contributed by atoms with Crippen molar-refractivity contribution in [1.82, 2.24) is 5.32 Å². The Bertz CT molecular complexity index is 574. The maximum absolute atomic E-state index is 3.64. The lowest BCUT2D eigenvalue weighted by Crippen LogP contribution is -2.26. The molecule has 1 saturated heterocycles. The molecule has 1 unspecified atom stereocenters. The zero-order valence-electron chi connectivity index (χ0n) is 12.4. The minimum absolute atomic E-state index is 0.537. The maximum Gasteiger partial charge on any atom is 0.0320 e. The van der Waals surface area contributed by atoms with Crippen LogP contribution in [0, 0.1) is 13.8 Å². The SMILES string of the molecule is Cc1cc(C)cc(-c2cccc(C3CCCCN3)c2)c1. The highest BCUT2D eigenvalue weighted by Crippen LogP contribution is 2.28. The van der Waals surface area contributed by atoms with E-state index in [1.807, 2.05) is 0 Å². The van der Waals surface area contributed by atoms with Gasteiger partial charge in [-0.05, 0) is 56.0 Å². The van der Waals surface area contributed by atoms with Gasteiger partial charge in [0.15, 0.2) is 0 Å². The van der Waals surface area contributed by atoms with Gasteiger partial charge in [-0.1, -0.05) is 53.9 Å². The van der Waals surface area contributed by atoms with Crippen LogP contribution in [0.5, 0.6) is 0 Å². The molecule has 2 aromatic carbocycles. The molecule has 0 amide bonds. The summed E-state index contributed by atoms with van der Waals surface area (Å²) in [6, 6.07) is 16.4. The number of benzene rings is 2. The Balaban J connectivity index is 1.93. The van der Waals surface area contributed by atoms with Crippen molar-refractivity contribution in [3.63, 3.8) is 0 Å². The predicted molar refractivity (Wildman–Crippen MR) is 85.9 cm³/mol. The second kappa shape index (κ2) is 5.80. The fourth-order valence-corrected chi connectivity index (χ4v) is 3.21. The molecule has 1 aliphatic rings. The van der Waals surface area contributed by atoms with E-state index in [-0.39, 0.29) is 0 Å². The molecule has 0 radical (unpaired) electrons. The quantitative estimate of drug-likeness (QED) is 0.823. The molecule has 0 saturated carbocycles. The first-order valence-corrected chi connectivity index (χ1v) is 7.64. The fourth-order valence-electron chi connectivity index (χ4n) is 3.21. The molecule has 1 heteroatoms. The molecule has 1 N–H and O–H groups in total. The van der Waals surface area contributed by atoms with Crippen LogP contribution in [0.25, 0.3) is 11.1 Å². The molecule has 1 nitrogen and oxygen atoms in total. The van der Waals surface area contributed by atoms with Crippen molar-refractivity contribution in [3.05, 3.63) is 59.2 Å². The van der Waals surface area contributed by atoms with Gasteiger partial charge in [-0.25, -0.2) is 0 Å². The maximum atomic E-state index is 3.64. The van der Waals surface area contributed by atoms with Gasteiger partial charge in [0.05, 0.1) is 0 Å². The molecule has 0 aromatic heterocycles. The summed E-state index contributed by atoms with van der Waals surface area (Å²) in [4.78, 5) is 0. The monoisotopic (exact) mass is 265 g/mol. The Morgan fingerprint density at radius 1 is 0.900 bits per heavy atom.